The molecule has 0 bridgehead atoms. The van der Waals surface area contributed by atoms with Crippen LogP contribution in [0.2, 0.25) is 0 Å². The predicted molar refractivity (Wildman–Crippen MR) is 109 cm³/mol. The van der Waals surface area contributed by atoms with Gasteiger partial charge in [-0.3, -0.25) is 14.3 Å². The summed E-state index contributed by atoms with van der Waals surface area (Å²) >= 11 is 0.899. The number of rotatable bonds is 6. The van der Waals surface area contributed by atoms with E-state index in [4.69, 9.17) is 4.42 Å². The average Bonchev–Trinajstić information content (AvgIpc) is 3.40. The molecule has 1 fully saturated rings. The highest BCUT2D eigenvalue weighted by Gasteiger charge is 2.22. The fourth-order valence-electron chi connectivity index (χ4n) is 3.19. The first-order chi connectivity index (χ1) is 14.1. The maximum Gasteiger partial charge on any atom is 0.297 e. The second-order valence-electron chi connectivity index (χ2n) is 6.85. The van der Waals surface area contributed by atoms with E-state index < -0.39 is 11.7 Å². The molecule has 1 aliphatic heterocycles. The van der Waals surface area contributed by atoms with Crippen LogP contribution in [0.4, 0.5) is 4.39 Å². The molecule has 4 rings (SSSR count). The Morgan fingerprint density at radius 3 is 2.86 bits per heavy atom. The molecule has 1 unspecified atom stereocenters. The Hall–Kier alpha value is -2.84. The van der Waals surface area contributed by atoms with Crippen LogP contribution in [0.3, 0.4) is 0 Å². The Kier molecular flexibility index (Phi) is 5.82. The van der Waals surface area contributed by atoms with Gasteiger partial charge in [-0.2, -0.15) is 0 Å². The molecule has 0 aliphatic carbocycles. The molecule has 150 valence electrons. The van der Waals surface area contributed by atoms with Crippen LogP contribution in [-0.4, -0.2) is 24.9 Å². The van der Waals surface area contributed by atoms with Gasteiger partial charge in [0.25, 0.3) is 5.91 Å². The molecule has 3 aromatic rings. The normalized spacial score (nSPS) is 16.1. The van der Waals surface area contributed by atoms with E-state index in [1.807, 2.05) is 18.2 Å². The lowest BCUT2D eigenvalue weighted by atomic mass is 10.1. The lowest BCUT2D eigenvalue weighted by Gasteiger charge is -2.09. The number of hydrogen-bond donors (Lipinski definition) is 3. The van der Waals surface area contributed by atoms with Crippen molar-refractivity contribution in [3.05, 3.63) is 65.7 Å². The first-order valence-corrected chi connectivity index (χ1v) is 10.1. The summed E-state index contributed by atoms with van der Waals surface area (Å²) in [6.07, 6.45) is 0.854. The first kappa shape index (κ1) is 19.5. The lowest BCUT2D eigenvalue weighted by molar-refractivity contribution is -0.124. The topological polar surface area (TPSA) is 83.4 Å². The van der Waals surface area contributed by atoms with E-state index >= 15 is 0 Å². The van der Waals surface area contributed by atoms with Gasteiger partial charge in [-0.05, 0) is 54.7 Å². The van der Waals surface area contributed by atoms with Gasteiger partial charge in [0.05, 0.1) is 10.8 Å². The second-order valence-corrected chi connectivity index (χ2v) is 7.70. The summed E-state index contributed by atoms with van der Waals surface area (Å²) in [7, 11) is 0. The molecule has 1 saturated heterocycles. The Morgan fingerprint density at radius 2 is 2.07 bits per heavy atom. The number of amides is 2. The highest BCUT2D eigenvalue weighted by molar-refractivity contribution is 7.98. The van der Waals surface area contributed by atoms with Crippen LogP contribution in [0.1, 0.15) is 22.5 Å². The molecular weight excluding hydrogens is 393 g/mol. The number of carbonyl (C=O) groups excluding carboxylic acids is 2. The molecule has 6 nitrogen and oxygen atoms in total. The number of benzene rings is 2. The first-order valence-electron chi connectivity index (χ1n) is 9.33. The van der Waals surface area contributed by atoms with Crippen molar-refractivity contribution in [1.29, 1.82) is 0 Å². The minimum Gasteiger partial charge on any atom is -0.451 e. The largest absolute Gasteiger partial charge is 0.451 e. The standard InChI is InChI=1S/C21H20FN3O3S/c22-16-3-1-2-4-19(16)29-25-21(27)18-10-14-6-5-13(9-17(14)28-18)11-24-20(26)15-7-8-23-12-15/h1-6,9-10,15,23H,7-8,11-12H2,(H,24,26)(H,25,27). The number of halogens is 1. The maximum absolute atomic E-state index is 13.7. The Balaban J connectivity index is 1.39. The summed E-state index contributed by atoms with van der Waals surface area (Å²) in [5, 5.41) is 6.90. The van der Waals surface area contributed by atoms with Gasteiger partial charge in [-0.1, -0.05) is 24.3 Å². The van der Waals surface area contributed by atoms with E-state index in [-0.39, 0.29) is 17.6 Å². The minimum absolute atomic E-state index is 0.0181. The van der Waals surface area contributed by atoms with E-state index in [0.717, 1.165) is 35.9 Å². The van der Waals surface area contributed by atoms with E-state index in [2.05, 4.69) is 15.4 Å². The molecule has 8 heteroatoms. The van der Waals surface area contributed by atoms with Crippen LogP contribution in [-0.2, 0) is 11.3 Å². The summed E-state index contributed by atoms with van der Waals surface area (Å²) in [6, 6.07) is 13.4. The van der Waals surface area contributed by atoms with E-state index in [1.54, 1.807) is 24.3 Å². The highest BCUT2D eigenvalue weighted by Crippen LogP contribution is 2.23. The summed E-state index contributed by atoms with van der Waals surface area (Å²) in [6.45, 7) is 1.99. The average molecular weight is 413 g/mol. The number of fused-ring (bicyclic) bond motifs is 1. The lowest BCUT2D eigenvalue weighted by Crippen LogP contribution is -2.31. The van der Waals surface area contributed by atoms with Crippen LogP contribution in [0.25, 0.3) is 11.0 Å². The summed E-state index contributed by atoms with van der Waals surface area (Å²) in [5.41, 5.74) is 1.44. The molecule has 2 heterocycles. The van der Waals surface area contributed by atoms with E-state index in [1.165, 1.54) is 6.07 Å². The van der Waals surface area contributed by atoms with Crippen molar-refractivity contribution < 1.29 is 18.4 Å². The van der Waals surface area contributed by atoms with E-state index in [0.29, 0.717) is 23.6 Å². The highest BCUT2D eigenvalue weighted by atomic mass is 32.2. The van der Waals surface area contributed by atoms with Crippen molar-refractivity contribution in [2.45, 2.75) is 17.9 Å². The third-order valence-electron chi connectivity index (χ3n) is 4.80. The van der Waals surface area contributed by atoms with Gasteiger partial charge in [0, 0.05) is 18.5 Å². The van der Waals surface area contributed by atoms with Gasteiger partial charge in [0.2, 0.25) is 5.91 Å². The third kappa shape index (κ3) is 4.60. The fourth-order valence-corrected chi connectivity index (χ4v) is 3.80. The Labute approximate surface area is 171 Å². The predicted octanol–water partition coefficient (Wildman–Crippen LogP) is 3.23. The zero-order valence-electron chi connectivity index (χ0n) is 15.5. The minimum atomic E-state index is -0.446. The van der Waals surface area contributed by atoms with Gasteiger partial charge in [0.15, 0.2) is 5.76 Å². The van der Waals surface area contributed by atoms with Crippen LogP contribution >= 0.6 is 11.9 Å². The summed E-state index contributed by atoms with van der Waals surface area (Å²) < 4.78 is 21.9. The van der Waals surface area contributed by atoms with Crippen molar-refractivity contribution in [2.75, 3.05) is 13.1 Å². The van der Waals surface area contributed by atoms with Crippen molar-refractivity contribution >= 4 is 34.7 Å². The molecular formula is C21H20FN3O3S. The zero-order chi connectivity index (χ0) is 20.2. The van der Waals surface area contributed by atoms with Crippen LogP contribution in [0.15, 0.2) is 57.8 Å². The molecule has 3 N–H and O–H groups in total. The molecule has 2 amide bonds. The molecule has 1 aromatic heterocycles. The third-order valence-corrected chi connectivity index (χ3v) is 5.63. The smallest absolute Gasteiger partial charge is 0.297 e. The van der Waals surface area contributed by atoms with Crippen LogP contribution in [0.5, 0.6) is 0 Å². The van der Waals surface area contributed by atoms with Gasteiger partial charge in [-0.15, -0.1) is 0 Å². The van der Waals surface area contributed by atoms with Crippen molar-refractivity contribution in [1.82, 2.24) is 15.4 Å². The molecule has 1 aliphatic rings. The van der Waals surface area contributed by atoms with Crippen molar-refractivity contribution in [3.63, 3.8) is 0 Å². The summed E-state index contributed by atoms with van der Waals surface area (Å²) in [5.74, 6) is -0.646. The van der Waals surface area contributed by atoms with Gasteiger partial charge < -0.3 is 15.1 Å². The van der Waals surface area contributed by atoms with Gasteiger partial charge in [-0.25, -0.2) is 4.39 Å². The quantitative estimate of drug-likeness (QED) is 0.541. The number of carbonyl (C=O) groups is 2. The fraction of sp³-hybridized carbons (Fsp3) is 0.238. The number of furan rings is 1. The molecule has 2 aromatic carbocycles. The van der Waals surface area contributed by atoms with Gasteiger partial charge in [0.1, 0.15) is 11.4 Å². The monoisotopic (exact) mass is 413 g/mol. The number of hydrogen-bond acceptors (Lipinski definition) is 5. The SMILES string of the molecule is O=C(NSc1ccccc1F)c1cc2ccc(CNC(=O)C3CCNC3)cc2o1. The molecule has 29 heavy (non-hydrogen) atoms. The Bertz CT molecular complexity index is 1050. The van der Waals surface area contributed by atoms with E-state index in [9.17, 15) is 14.0 Å². The zero-order valence-corrected chi connectivity index (χ0v) is 16.4. The van der Waals surface area contributed by atoms with Gasteiger partial charge >= 0.3 is 0 Å². The second kappa shape index (κ2) is 8.67. The molecule has 1 atom stereocenters. The molecule has 0 saturated carbocycles. The summed E-state index contributed by atoms with van der Waals surface area (Å²) in [4.78, 5) is 24.8. The van der Waals surface area contributed by atoms with Crippen molar-refractivity contribution in [2.24, 2.45) is 5.92 Å². The van der Waals surface area contributed by atoms with Crippen LogP contribution < -0.4 is 15.4 Å². The van der Waals surface area contributed by atoms with Crippen LogP contribution in [0, 0.1) is 11.7 Å². The molecule has 0 spiro atoms. The number of nitrogens with one attached hydrogen (secondary N) is 3. The van der Waals surface area contributed by atoms with Crippen molar-refractivity contribution in [3.8, 4) is 0 Å². The molecule has 0 radical (unpaired) electrons. The Morgan fingerprint density at radius 1 is 1.21 bits per heavy atom. The maximum atomic E-state index is 13.7.